The summed E-state index contributed by atoms with van der Waals surface area (Å²) in [7, 11) is 0. The highest BCUT2D eigenvalue weighted by Gasteiger charge is 2.28. The number of carbonyl (C=O) groups is 1. The fraction of sp³-hybridized carbons (Fsp3) is 0.381. The molecule has 1 saturated heterocycles. The van der Waals surface area contributed by atoms with Crippen LogP contribution in [0.3, 0.4) is 0 Å². The zero-order valence-electron chi connectivity index (χ0n) is 15.3. The van der Waals surface area contributed by atoms with Gasteiger partial charge in [-0.1, -0.05) is 49.4 Å². The van der Waals surface area contributed by atoms with E-state index in [9.17, 15) is 4.79 Å². The molecule has 3 rings (SSSR count). The summed E-state index contributed by atoms with van der Waals surface area (Å²) in [6.45, 7) is 5.05. The van der Waals surface area contributed by atoms with Crippen molar-refractivity contribution in [2.45, 2.75) is 26.2 Å². The average Bonchev–Trinajstić information content (AvgIpc) is 2.70. The number of piperidine rings is 1. The van der Waals surface area contributed by atoms with Gasteiger partial charge in [0.2, 0.25) is 0 Å². The molecule has 1 aliphatic heterocycles. The molecule has 1 heterocycles. The smallest absolute Gasteiger partial charge is 0.275 e. The molecule has 1 amide bonds. The number of hydroxylamine groups is 1. The standard InChI is InChI=1S/C21H27N3O2/c1-2-23-14-12-19(13-15-23)21(25)24(22)26-20-10-8-18(9-11-20)16-17-6-4-3-5-7-17/h3-11,19H,2,12-16,22H2,1H3. The Hall–Kier alpha value is -2.37. The molecule has 2 N–H and O–H groups in total. The first kappa shape index (κ1) is 18.4. The third-order valence-corrected chi connectivity index (χ3v) is 4.98. The molecule has 0 bridgehead atoms. The molecule has 2 aromatic rings. The number of rotatable bonds is 6. The average molecular weight is 353 g/mol. The zero-order chi connectivity index (χ0) is 18.4. The van der Waals surface area contributed by atoms with Gasteiger partial charge in [-0.2, -0.15) is 0 Å². The number of benzene rings is 2. The van der Waals surface area contributed by atoms with E-state index >= 15 is 0 Å². The molecule has 0 saturated carbocycles. The molecule has 1 aliphatic rings. The molecule has 1 fully saturated rings. The SMILES string of the molecule is CCN1CCC(C(=O)N(N)Oc2ccc(Cc3ccccc3)cc2)CC1. The van der Waals surface area contributed by atoms with E-state index in [0.29, 0.717) is 5.75 Å². The number of hydrogen-bond acceptors (Lipinski definition) is 4. The van der Waals surface area contributed by atoms with Crippen LogP contribution >= 0.6 is 0 Å². The van der Waals surface area contributed by atoms with Gasteiger partial charge in [-0.25, -0.2) is 5.84 Å². The molecule has 5 heteroatoms. The maximum atomic E-state index is 12.5. The number of hydrazine groups is 1. The van der Waals surface area contributed by atoms with Crippen LogP contribution in [-0.2, 0) is 11.2 Å². The lowest BCUT2D eigenvalue weighted by Crippen LogP contribution is -2.47. The third kappa shape index (κ3) is 4.84. The zero-order valence-corrected chi connectivity index (χ0v) is 15.3. The second kappa shape index (κ2) is 8.83. The van der Waals surface area contributed by atoms with Crippen molar-refractivity contribution in [3.8, 4) is 5.75 Å². The predicted molar refractivity (Wildman–Crippen MR) is 102 cm³/mol. The highest BCUT2D eigenvalue weighted by atomic mass is 16.7. The summed E-state index contributed by atoms with van der Waals surface area (Å²) in [6, 6.07) is 18.0. The highest BCUT2D eigenvalue weighted by Crippen LogP contribution is 2.20. The molecule has 5 nitrogen and oxygen atoms in total. The van der Waals surface area contributed by atoms with Gasteiger partial charge in [-0.3, -0.25) is 4.79 Å². The molecular formula is C21H27N3O2. The van der Waals surface area contributed by atoms with E-state index < -0.39 is 0 Å². The van der Waals surface area contributed by atoms with Crippen LogP contribution in [0.5, 0.6) is 5.75 Å². The van der Waals surface area contributed by atoms with Crippen molar-refractivity contribution in [2.24, 2.45) is 11.8 Å². The molecule has 0 spiro atoms. The van der Waals surface area contributed by atoms with Gasteiger partial charge in [0.25, 0.3) is 5.91 Å². The quantitative estimate of drug-likeness (QED) is 0.493. The van der Waals surface area contributed by atoms with Gasteiger partial charge in [-0.15, -0.1) is 5.17 Å². The molecule has 0 radical (unpaired) electrons. The van der Waals surface area contributed by atoms with E-state index in [2.05, 4.69) is 24.0 Å². The summed E-state index contributed by atoms with van der Waals surface area (Å²) < 4.78 is 0. The second-order valence-corrected chi connectivity index (χ2v) is 6.77. The van der Waals surface area contributed by atoms with Crippen molar-refractivity contribution in [1.82, 2.24) is 10.1 Å². The fourth-order valence-corrected chi connectivity index (χ4v) is 3.33. The topological polar surface area (TPSA) is 58.8 Å². The van der Waals surface area contributed by atoms with Crippen LogP contribution in [0, 0.1) is 5.92 Å². The number of likely N-dealkylation sites (tertiary alicyclic amines) is 1. The minimum atomic E-state index is -0.144. The molecule has 138 valence electrons. The predicted octanol–water partition coefficient (Wildman–Crippen LogP) is 3.01. The largest absolute Gasteiger partial charge is 0.361 e. The number of hydrogen-bond donors (Lipinski definition) is 1. The summed E-state index contributed by atoms with van der Waals surface area (Å²) in [4.78, 5) is 20.3. The van der Waals surface area contributed by atoms with Crippen molar-refractivity contribution < 1.29 is 9.63 Å². The second-order valence-electron chi connectivity index (χ2n) is 6.77. The lowest BCUT2D eigenvalue weighted by molar-refractivity contribution is -0.164. The summed E-state index contributed by atoms with van der Waals surface area (Å²) in [5.74, 6) is 6.23. The highest BCUT2D eigenvalue weighted by molar-refractivity contribution is 5.77. The normalized spacial score (nSPS) is 15.6. The Balaban J connectivity index is 1.52. The number of carbonyl (C=O) groups excluding carboxylic acids is 1. The van der Waals surface area contributed by atoms with Gasteiger partial charge >= 0.3 is 0 Å². The third-order valence-electron chi connectivity index (χ3n) is 4.98. The molecule has 0 unspecified atom stereocenters. The lowest BCUT2D eigenvalue weighted by Gasteiger charge is -2.31. The molecule has 2 aromatic carbocycles. The Morgan fingerprint density at radius 2 is 1.69 bits per heavy atom. The Labute approximate surface area is 155 Å². The van der Waals surface area contributed by atoms with Gasteiger partial charge in [-0.05, 0) is 62.2 Å². The number of nitrogens with two attached hydrogens (primary N) is 1. The fourth-order valence-electron chi connectivity index (χ4n) is 3.33. The van der Waals surface area contributed by atoms with E-state index in [1.807, 2.05) is 42.5 Å². The van der Waals surface area contributed by atoms with E-state index in [1.54, 1.807) is 0 Å². The molecular weight excluding hydrogens is 326 g/mol. The van der Waals surface area contributed by atoms with E-state index in [0.717, 1.165) is 44.1 Å². The first-order valence-corrected chi connectivity index (χ1v) is 9.27. The summed E-state index contributed by atoms with van der Waals surface area (Å²) in [6.07, 6.45) is 2.53. The van der Waals surface area contributed by atoms with Gasteiger partial charge in [0.05, 0.1) is 0 Å². The van der Waals surface area contributed by atoms with Crippen LogP contribution < -0.4 is 10.7 Å². The van der Waals surface area contributed by atoms with Gasteiger partial charge in [0, 0.05) is 5.92 Å². The van der Waals surface area contributed by atoms with Crippen molar-refractivity contribution in [3.63, 3.8) is 0 Å². The summed E-state index contributed by atoms with van der Waals surface area (Å²) >= 11 is 0. The number of nitrogens with zero attached hydrogens (tertiary/aromatic N) is 2. The van der Waals surface area contributed by atoms with Crippen molar-refractivity contribution in [1.29, 1.82) is 0 Å². The van der Waals surface area contributed by atoms with Crippen LogP contribution in [0.25, 0.3) is 0 Å². The van der Waals surface area contributed by atoms with E-state index in [-0.39, 0.29) is 11.8 Å². The Bertz CT molecular complexity index is 695. The number of amides is 1. The summed E-state index contributed by atoms with van der Waals surface area (Å²) in [5, 5.41) is 0.901. The monoisotopic (exact) mass is 353 g/mol. The van der Waals surface area contributed by atoms with Crippen molar-refractivity contribution >= 4 is 5.91 Å². The van der Waals surface area contributed by atoms with Crippen molar-refractivity contribution in [2.75, 3.05) is 19.6 Å². The van der Waals surface area contributed by atoms with E-state index in [4.69, 9.17) is 10.7 Å². The van der Waals surface area contributed by atoms with E-state index in [1.165, 1.54) is 11.1 Å². The Morgan fingerprint density at radius 1 is 1.08 bits per heavy atom. The maximum Gasteiger partial charge on any atom is 0.275 e. The van der Waals surface area contributed by atoms with Crippen LogP contribution in [-0.4, -0.2) is 35.6 Å². The van der Waals surface area contributed by atoms with Crippen LogP contribution in [0.4, 0.5) is 0 Å². The van der Waals surface area contributed by atoms with Crippen LogP contribution in [0.1, 0.15) is 30.9 Å². The van der Waals surface area contributed by atoms with Crippen LogP contribution in [0.2, 0.25) is 0 Å². The van der Waals surface area contributed by atoms with Crippen molar-refractivity contribution in [3.05, 3.63) is 65.7 Å². The van der Waals surface area contributed by atoms with Crippen LogP contribution in [0.15, 0.2) is 54.6 Å². The molecule has 0 aromatic heterocycles. The first-order valence-electron chi connectivity index (χ1n) is 9.27. The molecule has 0 aliphatic carbocycles. The minimum Gasteiger partial charge on any atom is -0.361 e. The van der Waals surface area contributed by atoms with Gasteiger partial charge in [0.1, 0.15) is 0 Å². The Kier molecular flexibility index (Phi) is 6.26. The molecule has 0 atom stereocenters. The lowest BCUT2D eigenvalue weighted by atomic mass is 9.96. The van der Waals surface area contributed by atoms with Gasteiger partial charge in [0.15, 0.2) is 5.75 Å². The van der Waals surface area contributed by atoms with Gasteiger partial charge < -0.3 is 9.74 Å². The minimum absolute atomic E-state index is 0.0554. The first-order chi connectivity index (χ1) is 12.7. The summed E-state index contributed by atoms with van der Waals surface area (Å²) in [5.41, 5.74) is 2.45. The molecule has 26 heavy (non-hydrogen) atoms. The Morgan fingerprint density at radius 3 is 2.31 bits per heavy atom. The maximum absolute atomic E-state index is 12.5.